The molecule has 2 aromatic rings. The molecule has 1 fully saturated rings. The Labute approximate surface area is 137 Å². The number of nitrogens with one attached hydrogen (secondary N) is 1. The van der Waals surface area contributed by atoms with Crippen molar-refractivity contribution in [2.45, 2.75) is 19.6 Å². The van der Waals surface area contributed by atoms with E-state index in [4.69, 9.17) is 4.74 Å². The van der Waals surface area contributed by atoms with Gasteiger partial charge in [-0.2, -0.15) is 0 Å². The monoisotopic (exact) mass is 337 g/mol. The number of carbonyl (C=O) groups excluding carboxylic acids is 1. The Morgan fingerprint density at radius 1 is 1.55 bits per heavy atom. The van der Waals surface area contributed by atoms with Crippen LogP contribution in [0.3, 0.4) is 0 Å². The number of hydrogen-bond donors (Lipinski definition) is 1. The smallest absolute Gasteiger partial charge is 0.234 e. The van der Waals surface area contributed by atoms with Gasteiger partial charge in [0.1, 0.15) is 11.1 Å². The van der Waals surface area contributed by atoms with Gasteiger partial charge in [0.05, 0.1) is 19.7 Å². The molecule has 1 amide bonds. The van der Waals surface area contributed by atoms with Crippen molar-refractivity contribution in [2.24, 2.45) is 0 Å². The summed E-state index contributed by atoms with van der Waals surface area (Å²) >= 11 is 3.28. The fraction of sp³-hybridized carbons (Fsp3) is 0.467. The van der Waals surface area contributed by atoms with Crippen molar-refractivity contribution in [1.29, 1.82) is 0 Å². The molecule has 0 radical (unpaired) electrons. The molecule has 0 aromatic carbocycles. The molecule has 5 nitrogen and oxygen atoms in total. The summed E-state index contributed by atoms with van der Waals surface area (Å²) in [6.45, 7) is 5.15. The number of aryl methyl sites for hydroxylation is 1. The summed E-state index contributed by atoms with van der Waals surface area (Å²) in [5, 5.41) is 8.02. The molecule has 0 spiro atoms. The van der Waals surface area contributed by atoms with E-state index in [0.29, 0.717) is 19.7 Å². The van der Waals surface area contributed by atoms with E-state index in [1.165, 1.54) is 4.88 Å². The Kier molecular flexibility index (Phi) is 5.20. The van der Waals surface area contributed by atoms with Crippen molar-refractivity contribution in [1.82, 2.24) is 15.2 Å². The highest BCUT2D eigenvalue weighted by Crippen LogP contribution is 2.24. The lowest BCUT2D eigenvalue weighted by Crippen LogP contribution is -2.44. The molecule has 1 atom stereocenters. The summed E-state index contributed by atoms with van der Waals surface area (Å²) in [6.07, 6.45) is -0.0162. The maximum atomic E-state index is 12.1. The molecule has 1 N–H and O–H groups in total. The third-order valence-electron chi connectivity index (χ3n) is 3.47. The van der Waals surface area contributed by atoms with Gasteiger partial charge in [0.15, 0.2) is 0 Å². The van der Waals surface area contributed by atoms with Crippen molar-refractivity contribution >= 4 is 28.6 Å². The van der Waals surface area contributed by atoms with Crippen LogP contribution in [-0.4, -0.2) is 42.0 Å². The number of thiazole rings is 1. The van der Waals surface area contributed by atoms with Crippen LogP contribution in [0.2, 0.25) is 0 Å². The number of rotatable bonds is 5. The first-order chi connectivity index (χ1) is 10.7. The van der Waals surface area contributed by atoms with Crippen LogP contribution in [0.5, 0.6) is 0 Å². The molecule has 0 bridgehead atoms. The predicted molar refractivity (Wildman–Crippen MR) is 88.1 cm³/mol. The highest BCUT2D eigenvalue weighted by Gasteiger charge is 2.25. The third kappa shape index (κ3) is 4.13. The number of thiophene rings is 1. The van der Waals surface area contributed by atoms with E-state index in [1.54, 1.807) is 22.7 Å². The van der Waals surface area contributed by atoms with Crippen LogP contribution in [0.4, 0.5) is 0 Å². The molecule has 1 aliphatic heterocycles. The van der Waals surface area contributed by atoms with Gasteiger partial charge in [-0.25, -0.2) is 4.98 Å². The van der Waals surface area contributed by atoms with E-state index < -0.39 is 0 Å². The lowest BCUT2D eigenvalue weighted by molar-refractivity contribution is -0.124. The van der Waals surface area contributed by atoms with Crippen LogP contribution >= 0.6 is 22.7 Å². The van der Waals surface area contributed by atoms with E-state index in [2.05, 4.69) is 15.2 Å². The first-order valence-electron chi connectivity index (χ1n) is 7.26. The minimum absolute atomic E-state index is 0.0162. The molecule has 22 heavy (non-hydrogen) atoms. The average Bonchev–Trinajstić information content (AvgIpc) is 3.17. The lowest BCUT2D eigenvalue weighted by Gasteiger charge is -2.31. The standard InChI is InChI=1S/C15H19N3O2S2/c1-11-10-22-15(17-11)13-8-18(4-5-20-13)9-14(19)16-7-12-3-2-6-21-12/h2-3,6,10,13H,4-5,7-9H2,1H3,(H,16,19). The summed E-state index contributed by atoms with van der Waals surface area (Å²) in [5.41, 5.74) is 1.02. The van der Waals surface area contributed by atoms with Gasteiger partial charge in [-0.15, -0.1) is 22.7 Å². The molecular weight excluding hydrogens is 318 g/mol. The molecule has 1 saturated heterocycles. The Balaban J connectivity index is 1.48. The topological polar surface area (TPSA) is 54.5 Å². The van der Waals surface area contributed by atoms with Crippen LogP contribution in [-0.2, 0) is 16.1 Å². The molecule has 0 aliphatic carbocycles. The maximum Gasteiger partial charge on any atom is 0.234 e. The first kappa shape index (κ1) is 15.6. The molecule has 118 valence electrons. The number of aromatic nitrogens is 1. The fourth-order valence-corrected chi connectivity index (χ4v) is 3.85. The molecule has 3 heterocycles. The quantitative estimate of drug-likeness (QED) is 0.909. The third-order valence-corrected chi connectivity index (χ3v) is 5.40. The number of nitrogens with zero attached hydrogens (tertiary/aromatic N) is 2. The van der Waals surface area contributed by atoms with Gasteiger partial charge >= 0.3 is 0 Å². The van der Waals surface area contributed by atoms with E-state index in [-0.39, 0.29) is 12.0 Å². The summed E-state index contributed by atoms with van der Waals surface area (Å²) in [5.74, 6) is 0.0596. The number of amides is 1. The fourth-order valence-electron chi connectivity index (χ4n) is 2.37. The summed E-state index contributed by atoms with van der Waals surface area (Å²) in [4.78, 5) is 19.8. The van der Waals surface area contributed by atoms with Crippen molar-refractivity contribution in [2.75, 3.05) is 26.2 Å². The van der Waals surface area contributed by atoms with Crippen LogP contribution in [0.15, 0.2) is 22.9 Å². The van der Waals surface area contributed by atoms with Gasteiger partial charge in [0, 0.05) is 29.0 Å². The second-order valence-electron chi connectivity index (χ2n) is 5.28. The number of hydrogen-bond acceptors (Lipinski definition) is 6. The zero-order valence-corrected chi connectivity index (χ0v) is 14.1. The molecule has 2 aromatic heterocycles. The molecular formula is C15H19N3O2S2. The second kappa shape index (κ2) is 7.32. The Morgan fingerprint density at radius 2 is 2.45 bits per heavy atom. The SMILES string of the molecule is Cc1csc(C2CN(CC(=O)NCc3cccs3)CCO2)n1. The first-order valence-corrected chi connectivity index (χ1v) is 9.01. The predicted octanol–water partition coefficient (Wildman–Crippen LogP) is 2.20. The van der Waals surface area contributed by atoms with E-state index in [1.807, 2.05) is 29.8 Å². The number of carbonyl (C=O) groups is 1. The van der Waals surface area contributed by atoms with Crippen molar-refractivity contribution < 1.29 is 9.53 Å². The van der Waals surface area contributed by atoms with Crippen LogP contribution < -0.4 is 5.32 Å². The van der Waals surface area contributed by atoms with Crippen molar-refractivity contribution in [3.63, 3.8) is 0 Å². The highest BCUT2D eigenvalue weighted by molar-refractivity contribution is 7.10. The Morgan fingerprint density at radius 3 is 3.18 bits per heavy atom. The molecule has 7 heteroatoms. The van der Waals surface area contributed by atoms with Crippen LogP contribution in [0.1, 0.15) is 21.7 Å². The Bertz CT molecular complexity index is 612. The number of morpholine rings is 1. The molecule has 0 saturated carbocycles. The van der Waals surface area contributed by atoms with E-state index in [9.17, 15) is 4.79 Å². The van der Waals surface area contributed by atoms with Crippen LogP contribution in [0.25, 0.3) is 0 Å². The van der Waals surface area contributed by atoms with E-state index >= 15 is 0 Å². The molecule has 3 rings (SSSR count). The zero-order valence-electron chi connectivity index (χ0n) is 12.4. The normalized spacial score (nSPS) is 19.2. The minimum atomic E-state index is -0.0162. The summed E-state index contributed by atoms with van der Waals surface area (Å²) in [7, 11) is 0. The van der Waals surface area contributed by atoms with Gasteiger partial charge in [-0.1, -0.05) is 6.07 Å². The number of ether oxygens (including phenoxy) is 1. The average molecular weight is 337 g/mol. The molecule has 1 unspecified atom stereocenters. The van der Waals surface area contributed by atoms with Crippen molar-refractivity contribution in [3.05, 3.63) is 38.5 Å². The largest absolute Gasteiger partial charge is 0.368 e. The summed E-state index contributed by atoms with van der Waals surface area (Å²) in [6, 6.07) is 4.02. The van der Waals surface area contributed by atoms with Crippen molar-refractivity contribution in [3.8, 4) is 0 Å². The van der Waals surface area contributed by atoms with Gasteiger partial charge in [-0.3, -0.25) is 9.69 Å². The lowest BCUT2D eigenvalue weighted by atomic mass is 10.2. The highest BCUT2D eigenvalue weighted by atomic mass is 32.1. The minimum Gasteiger partial charge on any atom is -0.368 e. The van der Waals surface area contributed by atoms with Gasteiger partial charge in [-0.05, 0) is 18.4 Å². The van der Waals surface area contributed by atoms with Gasteiger partial charge in [0.2, 0.25) is 5.91 Å². The molecule has 1 aliphatic rings. The van der Waals surface area contributed by atoms with Gasteiger partial charge in [0.25, 0.3) is 0 Å². The Hall–Kier alpha value is -1.28. The van der Waals surface area contributed by atoms with Crippen LogP contribution in [0, 0.1) is 6.92 Å². The zero-order chi connectivity index (χ0) is 15.4. The second-order valence-corrected chi connectivity index (χ2v) is 7.20. The van der Waals surface area contributed by atoms with Gasteiger partial charge < -0.3 is 10.1 Å². The maximum absolute atomic E-state index is 12.1. The van der Waals surface area contributed by atoms with E-state index in [0.717, 1.165) is 23.8 Å². The summed E-state index contributed by atoms with van der Waals surface area (Å²) < 4.78 is 5.78.